The second kappa shape index (κ2) is 3.82. The van der Waals surface area contributed by atoms with Gasteiger partial charge in [0.05, 0.1) is 11.9 Å². The summed E-state index contributed by atoms with van der Waals surface area (Å²) < 4.78 is 1.47. The average Bonchev–Trinajstić information content (AvgIpc) is 2.51. The van der Waals surface area contributed by atoms with Gasteiger partial charge in [-0.2, -0.15) is 0 Å². The SMILES string of the molecule is CNC(=O)Cn1nncc1CN. The molecule has 3 N–H and O–H groups in total. The molecule has 0 unspecified atom stereocenters. The molecule has 0 aromatic carbocycles. The van der Waals surface area contributed by atoms with Gasteiger partial charge in [-0.05, 0) is 0 Å². The number of nitrogens with zero attached hydrogens (tertiary/aromatic N) is 3. The molecule has 6 heteroatoms. The Balaban J connectivity index is 2.68. The maximum Gasteiger partial charge on any atom is 0.241 e. The number of carbonyl (C=O) groups is 1. The van der Waals surface area contributed by atoms with Gasteiger partial charge in [0.25, 0.3) is 0 Å². The van der Waals surface area contributed by atoms with E-state index in [1.165, 1.54) is 4.68 Å². The summed E-state index contributed by atoms with van der Waals surface area (Å²) in [5.74, 6) is -0.116. The van der Waals surface area contributed by atoms with Crippen molar-refractivity contribution in [2.75, 3.05) is 7.05 Å². The largest absolute Gasteiger partial charge is 0.358 e. The van der Waals surface area contributed by atoms with Gasteiger partial charge in [-0.3, -0.25) is 4.79 Å². The highest BCUT2D eigenvalue weighted by molar-refractivity contribution is 5.75. The Labute approximate surface area is 69.7 Å². The van der Waals surface area contributed by atoms with Crippen LogP contribution in [-0.2, 0) is 17.9 Å². The van der Waals surface area contributed by atoms with Crippen LogP contribution in [0, 0.1) is 0 Å². The Kier molecular flexibility index (Phi) is 2.76. The van der Waals surface area contributed by atoms with Crippen molar-refractivity contribution in [1.29, 1.82) is 0 Å². The first-order chi connectivity index (χ1) is 5.77. The van der Waals surface area contributed by atoms with Gasteiger partial charge < -0.3 is 11.1 Å². The molecule has 12 heavy (non-hydrogen) atoms. The first kappa shape index (κ1) is 8.66. The third kappa shape index (κ3) is 1.79. The maximum absolute atomic E-state index is 10.9. The Morgan fingerprint density at radius 3 is 3.17 bits per heavy atom. The van der Waals surface area contributed by atoms with E-state index in [9.17, 15) is 4.79 Å². The average molecular weight is 169 g/mol. The molecule has 1 rings (SSSR count). The molecule has 0 radical (unpaired) electrons. The zero-order valence-electron chi connectivity index (χ0n) is 6.82. The van der Waals surface area contributed by atoms with E-state index >= 15 is 0 Å². The topological polar surface area (TPSA) is 85.8 Å². The molecular weight excluding hydrogens is 158 g/mol. The summed E-state index contributed by atoms with van der Waals surface area (Å²) in [5.41, 5.74) is 6.13. The van der Waals surface area contributed by atoms with Crippen molar-refractivity contribution in [2.45, 2.75) is 13.1 Å². The quantitative estimate of drug-likeness (QED) is 0.575. The minimum atomic E-state index is -0.116. The molecule has 0 aliphatic heterocycles. The lowest BCUT2D eigenvalue weighted by atomic mass is 10.4. The summed E-state index contributed by atoms with van der Waals surface area (Å²) in [6.45, 7) is 0.507. The molecule has 0 aliphatic carbocycles. The molecule has 0 saturated heterocycles. The number of aromatic nitrogens is 3. The van der Waals surface area contributed by atoms with E-state index in [0.717, 1.165) is 5.69 Å². The van der Waals surface area contributed by atoms with Gasteiger partial charge in [0, 0.05) is 13.6 Å². The molecule has 0 aliphatic rings. The summed E-state index contributed by atoms with van der Waals surface area (Å²) in [4.78, 5) is 10.9. The molecule has 0 spiro atoms. The molecule has 0 atom stereocenters. The fourth-order valence-corrected chi connectivity index (χ4v) is 0.785. The van der Waals surface area contributed by atoms with Gasteiger partial charge in [0.2, 0.25) is 5.91 Å². The van der Waals surface area contributed by atoms with Crippen LogP contribution in [0.1, 0.15) is 5.69 Å². The highest BCUT2D eigenvalue weighted by Gasteiger charge is 2.04. The van der Waals surface area contributed by atoms with Crippen LogP contribution in [0.4, 0.5) is 0 Å². The molecular formula is C6H11N5O. The molecule has 0 bridgehead atoms. The van der Waals surface area contributed by atoms with E-state index in [-0.39, 0.29) is 12.5 Å². The summed E-state index contributed by atoms with van der Waals surface area (Å²) in [6, 6.07) is 0. The van der Waals surface area contributed by atoms with E-state index in [4.69, 9.17) is 5.73 Å². The van der Waals surface area contributed by atoms with Gasteiger partial charge in [0.15, 0.2) is 0 Å². The minimum absolute atomic E-state index is 0.116. The van der Waals surface area contributed by atoms with Crippen LogP contribution in [0.2, 0.25) is 0 Å². The second-order valence-corrected chi connectivity index (χ2v) is 2.26. The maximum atomic E-state index is 10.9. The van der Waals surface area contributed by atoms with Crippen molar-refractivity contribution < 1.29 is 4.79 Å². The first-order valence-electron chi connectivity index (χ1n) is 3.56. The third-order valence-electron chi connectivity index (χ3n) is 1.48. The zero-order chi connectivity index (χ0) is 8.97. The molecule has 1 aromatic rings. The zero-order valence-corrected chi connectivity index (χ0v) is 6.82. The number of rotatable bonds is 3. The molecule has 0 fully saturated rings. The number of carbonyl (C=O) groups excluding carboxylic acids is 1. The van der Waals surface area contributed by atoms with Crippen LogP contribution < -0.4 is 11.1 Å². The predicted octanol–water partition coefficient (Wildman–Crippen LogP) is -1.52. The summed E-state index contributed by atoms with van der Waals surface area (Å²) in [6.07, 6.45) is 1.54. The van der Waals surface area contributed by atoms with Crippen LogP contribution in [0.5, 0.6) is 0 Å². The van der Waals surface area contributed by atoms with E-state index in [0.29, 0.717) is 6.54 Å². The number of nitrogens with one attached hydrogen (secondary N) is 1. The molecule has 1 heterocycles. The molecule has 1 aromatic heterocycles. The highest BCUT2D eigenvalue weighted by atomic mass is 16.1. The van der Waals surface area contributed by atoms with E-state index in [1.54, 1.807) is 13.2 Å². The van der Waals surface area contributed by atoms with Gasteiger partial charge >= 0.3 is 0 Å². The number of hydrogen-bond acceptors (Lipinski definition) is 4. The minimum Gasteiger partial charge on any atom is -0.358 e. The summed E-state index contributed by atoms with van der Waals surface area (Å²) in [7, 11) is 1.57. The summed E-state index contributed by atoms with van der Waals surface area (Å²) >= 11 is 0. The highest BCUT2D eigenvalue weighted by Crippen LogP contribution is 1.93. The third-order valence-corrected chi connectivity index (χ3v) is 1.48. The number of amides is 1. The Bertz CT molecular complexity index is 269. The van der Waals surface area contributed by atoms with Crippen molar-refractivity contribution in [3.63, 3.8) is 0 Å². The second-order valence-electron chi connectivity index (χ2n) is 2.26. The Morgan fingerprint density at radius 1 is 1.83 bits per heavy atom. The Morgan fingerprint density at radius 2 is 2.58 bits per heavy atom. The van der Waals surface area contributed by atoms with Crippen LogP contribution >= 0.6 is 0 Å². The van der Waals surface area contributed by atoms with E-state index < -0.39 is 0 Å². The number of nitrogens with two attached hydrogens (primary N) is 1. The number of hydrogen-bond donors (Lipinski definition) is 2. The van der Waals surface area contributed by atoms with Crippen molar-refractivity contribution >= 4 is 5.91 Å². The van der Waals surface area contributed by atoms with Crippen LogP contribution in [0.15, 0.2) is 6.20 Å². The molecule has 1 amide bonds. The van der Waals surface area contributed by atoms with Gasteiger partial charge in [0.1, 0.15) is 6.54 Å². The standard InChI is InChI=1S/C6H11N5O/c1-8-6(12)4-11-5(2-7)3-9-10-11/h3H,2,4,7H2,1H3,(H,8,12). The van der Waals surface area contributed by atoms with Crippen molar-refractivity contribution in [3.8, 4) is 0 Å². The van der Waals surface area contributed by atoms with Crippen LogP contribution in [0.25, 0.3) is 0 Å². The van der Waals surface area contributed by atoms with Crippen LogP contribution in [-0.4, -0.2) is 27.9 Å². The molecule has 0 saturated carbocycles. The number of likely N-dealkylation sites (N-methyl/N-ethyl adjacent to an activating group) is 1. The van der Waals surface area contributed by atoms with Crippen molar-refractivity contribution in [3.05, 3.63) is 11.9 Å². The van der Waals surface area contributed by atoms with E-state index in [1.807, 2.05) is 0 Å². The smallest absolute Gasteiger partial charge is 0.241 e. The monoisotopic (exact) mass is 169 g/mol. The Hall–Kier alpha value is -1.43. The molecule has 66 valence electrons. The van der Waals surface area contributed by atoms with Gasteiger partial charge in [-0.1, -0.05) is 5.21 Å². The fraction of sp³-hybridized carbons (Fsp3) is 0.500. The predicted molar refractivity (Wildman–Crippen MR) is 42.0 cm³/mol. The summed E-state index contributed by atoms with van der Waals surface area (Å²) in [5, 5.41) is 9.82. The lowest BCUT2D eigenvalue weighted by Gasteiger charge is -2.01. The lowest BCUT2D eigenvalue weighted by Crippen LogP contribution is -2.25. The molecule has 6 nitrogen and oxygen atoms in total. The van der Waals surface area contributed by atoms with Gasteiger partial charge in [-0.25, -0.2) is 4.68 Å². The van der Waals surface area contributed by atoms with E-state index in [2.05, 4.69) is 15.6 Å². The normalized spacial score (nSPS) is 9.83. The van der Waals surface area contributed by atoms with Crippen LogP contribution in [0.3, 0.4) is 0 Å². The van der Waals surface area contributed by atoms with Gasteiger partial charge in [-0.15, -0.1) is 5.10 Å². The lowest BCUT2D eigenvalue weighted by molar-refractivity contribution is -0.121. The van der Waals surface area contributed by atoms with Crippen molar-refractivity contribution in [2.24, 2.45) is 5.73 Å². The first-order valence-corrected chi connectivity index (χ1v) is 3.56. The van der Waals surface area contributed by atoms with Crippen molar-refractivity contribution in [1.82, 2.24) is 20.3 Å². The fourth-order valence-electron chi connectivity index (χ4n) is 0.785.